The minimum absolute atomic E-state index is 0.126. The van der Waals surface area contributed by atoms with Gasteiger partial charge in [-0.05, 0) is 28.8 Å². The molecule has 0 saturated carbocycles. The number of hydrogen-bond donors (Lipinski definition) is 0. The van der Waals surface area contributed by atoms with Gasteiger partial charge in [-0.15, -0.1) is 11.3 Å². The van der Waals surface area contributed by atoms with Crippen LogP contribution in [0.1, 0.15) is 29.5 Å². The van der Waals surface area contributed by atoms with Gasteiger partial charge in [0.1, 0.15) is 12.0 Å². The van der Waals surface area contributed by atoms with E-state index in [4.69, 9.17) is 0 Å². The van der Waals surface area contributed by atoms with Gasteiger partial charge < -0.3 is 4.90 Å². The third kappa shape index (κ3) is 3.92. The fraction of sp³-hybridized carbons (Fsp3) is 0.429. The minimum Gasteiger partial charge on any atom is -0.355 e. The lowest BCUT2D eigenvalue weighted by molar-refractivity contribution is -0.385. The summed E-state index contributed by atoms with van der Waals surface area (Å²) in [5, 5.41) is 12.3. The molecule has 0 radical (unpaired) electrons. The third-order valence-corrected chi connectivity index (χ3v) is 5.49. The van der Waals surface area contributed by atoms with Crippen LogP contribution < -0.4 is 4.90 Å². The Labute approximate surface area is 153 Å². The van der Waals surface area contributed by atoms with Crippen LogP contribution in [0.2, 0.25) is 0 Å². The SMILES string of the molecule is O=[N+]([O-])c1cnc(N2CCCC(c3nc(C(F)(F)F)cs3)C2)c(Br)c1. The van der Waals surface area contributed by atoms with Crippen molar-refractivity contribution in [1.82, 2.24) is 9.97 Å². The Morgan fingerprint density at radius 1 is 1.44 bits per heavy atom. The third-order valence-electron chi connectivity index (χ3n) is 3.90. The maximum Gasteiger partial charge on any atom is 0.434 e. The molecule has 25 heavy (non-hydrogen) atoms. The molecule has 134 valence electrons. The Morgan fingerprint density at radius 3 is 2.80 bits per heavy atom. The molecule has 3 rings (SSSR count). The molecule has 0 aromatic carbocycles. The molecule has 2 aromatic heterocycles. The zero-order valence-corrected chi connectivity index (χ0v) is 15.1. The highest BCUT2D eigenvalue weighted by atomic mass is 79.9. The van der Waals surface area contributed by atoms with Crippen LogP contribution in [-0.4, -0.2) is 28.0 Å². The van der Waals surface area contributed by atoms with Gasteiger partial charge in [-0.3, -0.25) is 10.1 Å². The van der Waals surface area contributed by atoms with Crippen molar-refractivity contribution in [2.24, 2.45) is 0 Å². The van der Waals surface area contributed by atoms with Gasteiger partial charge in [0.15, 0.2) is 5.69 Å². The van der Waals surface area contributed by atoms with E-state index in [1.807, 2.05) is 4.90 Å². The summed E-state index contributed by atoms with van der Waals surface area (Å²) in [6, 6.07) is 1.37. The number of piperidine rings is 1. The summed E-state index contributed by atoms with van der Waals surface area (Å²) in [7, 11) is 0. The number of pyridine rings is 1. The molecule has 0 N–H and O–H groups in total. The number of anilines is 1. The molecular formula is C14H12BrF3N4O2S. The van der Waals surface area contributed by atoms with Crippen LogP contribution in [0.25, 0.3) is 0 Å². The van der Waals surface area contributed by atoms with E-state index in [0.29, 0.717) is 28.4 Å². The van der Waals surface area contributed by atoms with E-state index >= 15 is 0 Å². The van der Waals surface area contributed by atoms with Crippen LogP contribution in [0.15, 0.2) is 22.1 Å². The molecule has 1 aliphatic rings. The van der Waals surface area contributed by atoms with Crippen molar-refractivity contribution in [3.8, 4) is 0 Å². The predicted octanol–water partition coefficient (Wildman–Crippen LogP) is 4.61. The fourth-order valence-electron chi connectivity index (χ4n) is 2.73. The molecule has 3 heterocycles. The Hall–Kier alpha value is -1.75. The topological polar surface area (TPSA) is 72.2 Å². The summed E-state index contributed by atoms with van der Waals surface area (Å²) in [6.45, 7) is 1.14. The van der Waals surface area contributed by atoms with Crippen molar-refractivity contribution in [3.05, 3.63) is 42.9 Å². The van der Waals surface area contributed by atoms with Crippen molar-refractivity contribution in [2.45, 2.75) is 24.9 Å². The fourth-order valence-corrected chi connectivity index (χ4v) is 4.27. The molecule has 1 atom stereocenters. The van der Waals surface area contributed by atoms with E-state index in [1.165, 1.54) is 12.3 Å². The molecule has 6 nitrogen and oxygen atoms in total. The quantitative estimate of drug-likeness (QED) is 0.518. The van der Waals surface area contributed by atoms with Gasteiger partial charge in [0.25, 0.3) is 5.69 Å². The molecule has 1 fully saturated rings. The van der Waals surface area contributed by atoms with Crippen molar-refractivity contribution in [2.75, 3.05) is 18.0 Å². The largest absolute Gasteiger partial charge is 0.434 e. The molecule has 1 unspecified atom stereocenters. The maximum absolute atomic E-state index is 12.7. The number of nitro groups is 1. The Balaban J connectivity index is 1.79. The molecule has 1 saturated heterocycles. The summed E-state index contributed by atoms with van der Waals surface area (Å²) >= 11 is 4.30. The van der Waals surface area contributed by atoms with Crippen LogP contribution >= 0.6 is 27.3 Å². The number of aromatic nitrogens is 2. The number of nitrogens with zero attached hydrogens (tertiary/aromatic N) is 4. The first-order chi connectivity index (χ1) is 11.8. The molecule has 2 aromatic rings. The van der Waals surface area contributed by atoms with Gasteiger partial charge in [0.2, 0.25) is 0 Å². The van der Waals surface area contributed by atoms with Crippen LogP contribution in [0, 0.1) is 10.1 Å². The second-order valence-corrected chi connectivity index (χ2v) is 7.35. The average Bonchev–Trinajstić information content (AvgIpc) is 3.05. The number of halogens is 4. The van der Waals surface area contributed by atoms with Gasteiger partial charge in [0, 0.05) is 30.5 Å². The van der Waals surface area contributed by atoms with E-state index in [-0.39, 0.29) is 11.6 Å². The van der Waals surface area contributed by atoms with Gasteiger partial charge in [0.05, 0.1) is 14.4 Å². The first-order valence-electron chi connectivity index (χ1n) is 7.33. The first kappa shape index (κ1) is 18.1. The van der Waals surface area contributed by atoms with Gasteiger partial charge in [-0.1, -0.05) is 0 Å². The van der Waals surface area contributed by atoms with Gasteiger partial charge >= 0.3 is 6.18 Å². The normalized spacial score (nSPS) is 18.4. The van der Waals surface area contributed by atoms with E-state index in [1.54, 1.807) is 0 Å². The monoisotopic (exact) mass is 436 g/mol. The highest BCUT2D eigenvalue weighted by Crippen LogP contribution is 2.37. The van der Waals surface area contributed by atoms with Crippen LogP contribution in [0.5, 0.6) is 0 Å². The minimum atomic E-state index is -4.44. The zero-order chi connectivity index (χ0) is 18.2. The number of hydrogen-bond acceptors (Lipinski definition) is 6. The van der Waals surface area contributed by atoms with E-state index < -0.39 is 16.8 Å². The lowest BCUT2D eigenvalue weighted by Gasteiger charge is -2.33. The van der Waals surface area contributed by atoms with Gasteiger partial charge in [-0.25, -0.2) is 9.97 Å². The second-order valence-electron chi connectivity index (χ2n) is 5.61. The standard InChI is InChI=1S/C14H12BrF3N4O2S/c15-10-4-9(22(23)24)5-19-12(10)21-3-1-2-8(6-21)13-20-11(7-25-13)14(16,17)18/h4-5,7-8H,1-3,6H2. The lowest BCUT2D eigenvalue weighted by atomic mass is 9.98. The second kappa shape index (κ2) is 6.87. The maximum atomic E-state index is 12.7. The molecule has 11 heteroatoms. The lowest BCUT2D eigenvalue weighted by Crippen LogP contribution is -2.35. The number of thiazole rings is 1. The van der Waals surface area contributed by atoms with E-state index in [2.05, 4.69) is 25.9 Å². The van der Waals surface area contributed by atoms with Crippen molar-refractivity contribution < 1.29 is 18.1 Å². The molecule has 1 aliphatic heterocycles. The molecule has 0 spiro atoms. The first-order valence-corrected chi connectivity index (χ1v) is 9.00. The van der Waals surface area contributed by atoms with Crippen molar-refractivity contribution >= 4 is 38.8 Å². The Bertz CT molecular complexity index is 799. The predicted molar refractivity (Wildman–Crippen MR) is 89.9 cm³/mol. The summed E-state index contributed by atoms with van der Waals surface area (Å²) in [5.74, 6) is 0.418. The molecular weight excluding hydrogens is 425 g/mol. The highest BCUT2D eigenvalue weighted by molar-refractivity contribution is 9.10. The van der Waals surface area contributed by atoms with Gasteiger partial charge in [-0.2, -0.15) is 13.2 Å². The summed E-state index contributed by atoms with van der Waals surface area (Å²) in [6.07, 6.45) is -1.75. The summed E-state index contributed by atoms with van der Waals surface area (Å²) < 4.78 is 38.7. The molecule has 0 aliphatic carbocycles. The summed E-state index contributed by atoms with van der Waals surface area (Å²) in [5.41, 5.74) is -0.988. The van der Waals surface area contributed by atoms with Crippen LogP contribution in [0.3, 0.4) is 0 Å². The number of alkyl halides is 3. The van der Waals surface area contributed by atoms with Crippen molar-refractivity contribution in [3.63, 3.8) is 0 Å². The highest BCUT2D eigenvalue weighted by Gasteiger charge is 2.35. The average molecular weight is 437 g/mol. The number of rotatable bonds is 3. The Morgan fingerprint density at radius 2 is 2.20 bits per heavy atom. The van der Waals surface area contributed by atoms with Crippen molar-refractivity contribution in [1.29, 1.82) is 0 Å². The van der Waals surface area contributed by atoms with Crippen LogP contribution in [0.4, 0.5) is 24.7 Å². The van der Waals surface area contributed by atoms with Crippen LogP contribution in [-0.2, 0) is 6.18 Å². The smallest absolute Gasteiger partial charge is 0.355 e. The summed E-state index contributed by atoms with van der Waals surface area (Å²) in [4.78, 5) is 20.0. The molecule has 0 bridgehead atoms. The Kier molecular flexibility index (Phi) is 4.96. The van der Waals surface area contributed by atoms with E-state index in [9.17, 15) is 23.3 Å². The molecule has 0 amide bonds. The zero-order valence-electron chi connectivity index (χ0n) is 12.7. The van der Waals surface area contributed by atoms with E-state index in [0.717, 1.165) is 29.6 Å².